The van der Waals surface area contributed by atoms with Crippen LogP contribution in [0.15, 0.2) is 60.8 Å². The molecule has 0 bridgehead atoms. The van der Waals surface area contributed by atoms with Crippen LogP contribution in [0.2, 0.25) is 0 Å². The van der Waals surface area contributed by atoms with E-state index in [2.05, 4.69) is 81.5 Å². The third-order valence-electron chi connectivity index (χ3n) is 11.7. The first kappa shape index (κ1) is 61.1. The number of ether oxygens (including phenoxy) is 3. The molecule has 0 saturated heterocycles. The molecular formula is C58H102O6. The van der Waals surface area contributed by atoms with Crippen LogP contribution in [0, 0.1) is 0 Å². The molecule has 0 N–H and O–H groups in total. The Balaban J connectivity index is 4.44. The maximum atomic E-state index is 12.8. The predicted octanol–water partition coefficient (Wildman–Crippen LogP) is 18.0. The summed E-state index contributed by atoms with van der Waals surface area (Å²) in [4.78, 5) is 38.0. The topological polar surface area (TPSA) is 78.9 Å². The molecule has 0 aromatic heterocycles. The number of carbonyl (C=O) groups is 3. The zero-order valence-electron chi connectivity index (χ0n) is 42.3. The van der Waals surface area contributed by atoms with Gasteiger partial charge in [-0.2, -0.15) is 0 Å². The molecule has 0 heterocycles. The third kappa shape index (κ3) is 50.1. The third-order valence-corrected chi connectivity index (χ3v) is 11.7. The minimum absolute atomic E-state index is 0.0885. The molecule has 1 unspecified atom stereocenters. The molecule has 6 heteroatoms. The van der Waals surface area contributed by atoms with Crippen LogP contribution < -0.4 is 0 Å². The number of esters is 3. The normalized spacial score (nSPS) is 12.5. The number of carbonyl (C=O) groups excluding carboxylic acids is 3. The second kappa shape index (κ2) is 52.7. The molecule has 370 valence electrons. The second-order valence-electron chi connectivity index (χ2n) is 18.1. The molecule has 0 fully saturated rings. The van der Waals surface area contributed by atoms with E-state index in [1.807, 2.05) is 0 Å². The minimum Gasteiger partial charge on any atom is -0.462 e. The van der Waals surface area contributed by atoms with Crippen molar-refractivity contribution in [2.45, 2.75) is 277 Å². The maximum Gasteiger partial charge on any atom is 0.306 e. The molecule has 0 amide bonds. The maximum absolute atomic E-state index is 12.8. The molecule has 0 aromatic rings. The monoisotopic (exact) mass is 895 g/mol. The van der Waals surface area contributed by atoms with Gasteiger partial charge in [-0.1, -0.05) is 204 Å². The van der Waals surface area contributed by atoms with Crippen LogP contribution >= 0.6 is 0 Å². The van der Waals surface area contributed by atoms with Crippen LogP contribution in [0.1, 0.15) is 271 Å². The fraction of sp³-hybridized carbons (Fsp3) is 0.776. The highest BCUT2D eigenvalue weighted by Gasteiger charge is 2.19. The van der Waals surface area contributed by atoms with Gasteiger partial charge in [0.15, 0.2) is 6.10 Å². The van der Waals surface area contributed by atoms with Gasteiger partial charge in [0.2, 0.25) is 0 Å². The Bertz CT molecular complexity index is 1170. The van der Waals surface area contributed by atoms with Crippen molar-refractivity contribution >= 4 is 17.9 Å². The second-order valence-corrected chi connectivity index (χ2v) is 18.1. The summed E-state index contributed by atoms with van der Waals surface area (Å²) in [5.74, 6) is -0.918. The first-order chi connectivity index (χ1) is 31.5. The van der Waals surface area contributed by atoms with Gasteiger partial charge in [0, 0.05) is 19.3 Å². The smallest absolute Gasteiger partial charge is 0.306 e. The summed E-state index contributed by atoms with van der Waals surface area (Å²) in [7, 11) is 0. The molecule has 0 aromatic carbocycles. The number of hydrogen-bond acceptors (Lipinski definition) is 6. The average molecular weight is 895 g/mol. The van der Waals surface area contributed by atoms with Gasteiger partial charge in [-0.15, -0.1) is 0 Å². The van der Waals surface area contributed by atoms with Gasteiger partial charge < -0.3 is 14.2 Å². The van der Waals surface area contributed by atoms with E-state index in [0.29, 0.717) is 19.3 Å². The Labute approximate surface area is 396 Å². The summed E-state index contributed by atoms with van der Waals surface area (Å²) >= 11 is 0. The summed E-state index contributed by atoms with van der Waals surface area (Å²) in [6.07, 6.45) is 64.8. The molecule has 0 aliphatic carbocycles. The summed E-state index contributed by atoms with van der Waals surface area (Å²) in [5, 5.41) is 0. The number of hydrogen-bond donors (Lipinski definition) is 0. The van der Waals surface area contributed by atoms with E-state index in [4.69, 9.17) is 14.2 Å². The van der Waals surface area contributed by atoms with E-state index in [-0.39, 0.29) is 31.1 Å². The van der Waals surface area contributed by atoms with Crippen molar-refractivity contribution in [2.75, 3.05) is 13.2 Å². The Kier molecular flexibility index (Phi) is 50.4. The molecule has 0 radical (unpaired) electrons. The fourth-order valence-corrected chi connectivity index (χ4v) is 7.56. The quantitative estimate of drug-likeness (QED) is 0.0262. The Morgan fingerprint density at radius 3 is 0.891 bits per heavy atom. The van der Waals surface area contributed by atoms with Gasteiger partial charge in [-0.25, -0.2) is 0 Å². The standard InChI is InChI=1S/C58H102O6/c1-4-7-10-13-16-19-22-25-28-30-33-36-39-42-45-48-51-57(60)63-54-55(53-62-56(59)50-47-44-41-38-35-32-27-24-21-18-15-12-9-6-3)64-58(61)52-49-46-43-40-37-34-31-29-26-23-20-17-14-11-8-5-2/h19-20,22-24,27-31,55H,4-18,21,25-26,32-54H2,1-3H3/b22-19-,23-20-,27-24-,30-28-,31-29-. The fourth-order valence-electron chi connectivity index (χ4n) is 7.56. The Morgan fingerprint density at radius 2 is 0.562 bits per heavy atom. The van der Waals surface area contributed by atoms with Gasteiger partial charge in [0.05, 0.1) is 0 Å². The predicted molar refractivity (Wildman–Crippen MR) is 275 cm³/mol. The van der Waals surface area contributed by atoms with E-state index >= 15 is 0 Å². The summed E-state index contributed by atoms with van der Waals surface area (Å²) < 4.78 is 16.8. The van der Waals surface area contributed by atoms with Gasteiger partial charge in [0.1, 0.15) is 13.2 Å². The van der Waals surface area contributed by atoms with Gasteiger partial charge >= 0.3 is 17.9 Å². The summed E-state index contributed by atoms with van der Waals surface area (Å²) in [5.41, 5.74) is 0. The zero-order valence-corrected chi connectivity index (χ0v) is 42.3. The zero-order chi connectivity index (χ0) is 46.5. The molecule has 0 aliphatic rings. The Morgan fingerprint density at radius 1 is 0.312 bits per heavy atom. The van der Waals surface area contributed by atoms with Gasteiger partial charge in [0.25, 0.3) is 0 Å². The summed E-state index contributed by atoms with van der Waals surface area (Å²) in [6, 6.07) is 0. The van der Waals surface area contributed by atoms with Crippen molar-refractivity contribution < 1.29 is 28.6 Å². The van der Waals surface area contributed by atoms with E-state index in [1.54, 1.807) is 0 Å². The molecule has 0 saturated carbocycles. The first-order valence-electron chi connectivity index (χ1n) is 27.3. The highest BCUT2D eigenvalue weighted by atomic mass is 16.6. The van der Waals surface area contributed by atoms with Crippen LogP contribution in [0.5, 0.6) is 0 Å². The molecule has 0 spiro atoms. The lowest BCUT2D eigenvalue weighted by Crippen LogP contribution is -2.30. The van der Waals surface area contributed by atoms with Crippen molar-refractivity contribution in [1.29, 1.82) is 0 Å². The lowest BCUT2D eigenvalue weighted by Gasteiger charge is -2.18. The van der Waals surface area contributed by atoms with E-state index in [9.17, 15) is 14.4 Å². The van der Waals surface area contributed by atoms with Crippen LogP contribution in [0.25, 0.3) is 0 Å². The number of rotatable bonds is 49. The van der Waals surface area contributed by atoms with Gasteiger partial charge in [-0.3, -0.25) is 14.4 Å². The van der Waals surface area contributed by atoms with Crippen LogP contribution in [-0.2, 0) is 28.6 Å². The Hall–Kier alpha value is -2.89. The molecule has 64 heavy (non-hydrogen) atoms. The highest BCUT2D eigenvalue weighted by molar-refractivity contribution is 5.71. The van der Waals surface area contributed by atoms with E-state index < -0.39 is 6.10 Å². The molecule has 1 atom stereocenters. The number of unbranched alkanes of at least 4 members (excludes halogenated alkanes) is 28. The van der Waals surface area contributed by atoms with Crippen molar-refractivity contribution in [1.82, 2.24) is 0 Å². The van der Waals surface area contributed by atoms with Crippen LogP contribution in [0.3, 0.4) is 0 Å². The van der Waals surface area contributed by atoms with Crippen molar-refractivity contribution in [3.8, 4) is 0 Å². The van der Waals surface area contributed by atoms with Gasteiger partial charge in [-0.05, 0) is 109 Å². The molecule has 0 aliphatic heterocycles. The first-order valence-corrected chi connectivity index (χ1v) is 27.3. The van der Waals surface area contributed by atoms with E-state index in [1.165, 1.54) is 122 Å². The van der Waals surface area contributed by atoms with Crippen molar-refractivity contribution in [3.05, 3.63) is 60.8 Å². The molecule has 0 rings (SSSR count). The lowest BCUT2D eigenvalue weighted by molar-refractivity contribution is -0.167. The lowest BCUT2D eigenvalue weighted by atomic mass is 10.1. The molecular weight excluding hydrogens is 793 g/mol. The number of allylic oxidation sites excluding steroid dienone is 10. The largest absolute Gasteiger partial charge is 0.462 e. The average Bonchev–Trinajstić information content (AvgIpc) is 3.29. The highest BCUT2D eigenvalue weighted by Crippen LogP contribution is 2.14. The minimum atomic E-state index is -0.790. The summed E-state index contributed by atoms with van der Waals surface area (Å²) in [6.45, 7) is 6.58. The van der Waals surface area contributed by atoms with Crippen molar-refractivity contribution in [3.63, 3.8) is 0 Å². The van der Waals surface area contributed by atoms with E-state index in [0.717, 1.165) is 109 Å². The van der Waals surface area contributed by atoms with Crippen molar-refractivity contribution in [2.24, 2.45) is 0 Å². The van der Waals surface area contributed by atoms with Crippen LogP contribution in [0.4, 0.5) is 0 Å². The SMILES string of the molecule is CCCCCC/C=C\C/C=C\CCCCCCCC(=O)OCC(COC(=O)CCCCCCC/C=C\CCCCCCC)OC(=O)CCCCCCC/C=C\C/C=C\CCCCCC. The van der Waals surface area contributed by atoms with Crippen LogP contribution in [-0.4, -0.2) is 37.2 Å². The molecule has 6 nitrogen and oxygen atoms in total.